The first-order valence-corrected chi connectivity index (χ1v) is 7.61. The van der Waals surface area contributed by atoms with Gasteiger partial charge in [-0.2, -0.15) is 0 Å². The number of hydrogen-bond donors (Lipinski definition) is 1. The topological polar surface area (TPSA) is 46.8 Å². The molecule has 0 spiro atoms. The van der Waals surface area contributed by atoms with Gasteiger partial charge in [0.25, 0.3) is 0 Å². The third kappa shape index (κ3) is 2.80. The van der Waals surface area contributed by atoms with Gasteiger partial charge in [0.05, 0.1) is 29.6 Å². The van der Waals surface area contributed by atoms with Gasteiger partial charge in [0.15, 0.2) is 0 Å². The highest BCUT2D eigenvalue weighted by atomic mass is 35.5. The molecule has 0 saturated carbocycles. The number of nitrogens with zero attached hydrogens (tertiary/aromatic N) is 2. The Balaban J connectivity index is 2.02. The largest absolute Gasteiger partial charge is 0.494 e. The minimum Gasteiger partial charge on any atom is -0.494 e. The lowest BCUT2D eigenvalue weighted by Gasteiger charge is -2.06. The average molecular weight is 317 g/mol. The molecule has 1 N–H and O–H groups in total. The van der Waals surface area contributed by atoms with Gasteiger partial charge in [-0.15, -0.1) is 0 Å². The van der Waals surface area contributed by atoms with Crippen LogP contribution in [0.15, 0.2) is 42.6 Å². The van der Waals surface area contributed by atoms with Crippen molar-refractivity contribution in [1.29, 1.82) is 0 Å². The van der Waals surface area contributed by atoms with Crippen molar-refractivity contribution < 1.29 is 9.84 Å². The van der Waals surface area contributed by atoms with E-state index in [4.69, 9.17) is 16.3 Å². The summed E-state index contributed by atoms with van der Waals surface area (Å²) in [5.74, 6) is 0.836. The number of benzene rings is 1. The first-order valence-electron chi connectivity index (χ1n) is 7.23. The molecule has 0 aliphatic heterocycles. The molecule has 0 radical (unpaired) electrons. The Kier molecular flexibility index (Phi) is 4.32. The Hall–Kier alpha value is -2.04. The fourth-order valence-corrected chi connectivity index (χ4v) is 2.54. The first kappa shape index (κ1) is 14.9. The van der Waals surface area contributed by atoms with Gasteiger partial charge in [-0.25, -0.2) is 4.98 Å². The van der Waals surface area contributed by atoms with Crippen molar-refractivity contribution in [3.63, 3.8) is 0 Å². The zero-order valence-corrected chi connectivity index (χ0v) is 13.0. The van der Waals surface area contributed by atoms with Crippen LogP contribution in [-0.2, 0) is 6.61 Å². The summed E-state index contributed by atoms with van der Waals surface area (Å²) in [6.07, 6.45) is 2.74. The number of ether oxygens (including phenoxy) is 1. The molecule has 0 bridgehead atoms. The number of halogens is 1. The number of aliphatic hydroxyl groups is 1. The van der Waals surface area contributed by atoms with Crippen LogP contribution in [-0.4, -0.2) is 21.1 Å². The van der Waals surface area contributed by atoms with E-state index in [2.05, 4.69) is 11.9 Å². The quantitative estimate of drug-likeness (QED) is 0.775. The van der Waals surface area contributed by atoms with Gasteiger partial charge in [0.2, 0.25) is 0 Å². The zero-order chi connectivity index (χ0) is 15.5. The molecule has 0 atom stereocenters. The van der Waals surface area contributed by atoms with E-state index in [1.807, 2.05) is 34.7 Å². The summed E-state index contributed by atoms with van der Waals surface area (Å²) in [4.78, 5) is 4.59. The van der Waals surface area contributed by atoms with Crippen LogP contribution >= 0.6 is 11.6 Å². The highest BCUT2D eigenvalue weighted by molar-refractivity contribution is 6.30. The molecule has 2 aromatic heterocycles. The van der Waals surface area contributed by atoms with E-state index in [1.54, 1.807) is 12.3 Å². The molecule has 0 unspecified atom stereocenters. The summed E-state index contributed by atoms with van der Waals surface area (Å²) in [7, 11) is 0. The lowest BCUT2D eigenvalue weighted by Crippen LogP contribution is -1.95. The van der Waals surface area contributed by atoms with Crippen LogP contribution in [0.25, 0.3) is 16.9 Å². The van der Waals surface area contributed by atoms with E-state index < -0.39 is 0 Å². The molecule has 22 heavy (non-hydrogen) atoms. The van der Waals surface area contributed by atoms with Crippen molar-refractivity contribution in [2.45, 2.75) is 20.0 Å². The molecule has 0 saturated heterocycles. The predicted octanol–water partition coefficient (Wildman–Crippen LogP) is 3.94. The summed E-state index contributed by atoms with van der Waals surface area (Å²) >= 11 is 6.03. The highest BCUT2D eigenvalue weighted by Gasteiger charge is 2.13. The minimum absolute atomic E-state index is 0.106. The first-order chi connectivity index (χ1) is 10.7. The number of fused-ring (bicyclic) bond motifs is 1. The molecule has 3 rings (SSSR count). The van der Waals surface area contributed by atoms with E-state index >= 15 is 0 Å². The number of imidazole rings is 1. The van der Waals surface area contributed by atoms with Crippen LogP contribution in [0.2, 0.25) is 5.02 Å². The van der Waals surface area contributed by atoms with Gasteiger partial charge in [0, 0.05) is 11.8 Å². The second-order valence-corrected chi connectivity index (χ2v) is 5.45. The number of hydrogen-bond acceptors (Lipinski definition) is 3. The SMILES string of the molecule is CCCOc1ccc(-c2nc3ccc(Cl)cn3c2CO)cc1. The fourth-order valence-electron chi connectivity index (χ4n) is 2.38. The Morgan fingerprint density at radius 1 is 1.18 bits per heavy atom. The molecule has 0 fully saturated rings. The lowest BCUT2D eigenvalue weighted by atomic mass is 10.1. The smallest absolute Gasteiger partial charge is 0.137 e. The van der Waals surface area contributed by atoms with Crippen molar-refractivity contribution >= 4 is 17.2 Å². The van der Waals surface area contributed by atoms with Gasteiger partial charge >= 0.3 is 0 Å². The summed E-state index contributed by atoms with van der Waals surface area (Å²) in [6, 6.07) is 11.4. The van der Waals surface area contributed by atoms with Crippen LogP contribution in [0.5, 0.6) is 5.75 Å². The highest BCUT2D eigenvalue weighted by Crippen LogP contribution is 2.27. The molecule has 0 aliphatic rings. The Labute approximate surface area is 133 Å². The van der Waals surface area contributed by atoms with Crippen molar-refractivity contribution in [1.82, 2.24) is 9.38 Å². The van der Waals surface area contributed by atoms with Crippen molar-refractivity contribution in [2.75, 3.05) is 6.61 Å². The second kappa shape index (κ2) is 6.38. The lowest BCUT2D eigenvalue weighted by molar-refractivity contribution is 0.276. The second-order valence-electron chi connectivity index (χ2n) is 5.01. The van der Waals surface area contributed by atoms with Gasteiger partial charge in [-0.05, 0) is 42.8 Å². The maximum atomic E-state index is 9.70. The molecule has 4 nitrogen and oxygen atoms in total. The Morgan fingerprint density at radius 2 is 1.95 bits per heavy atom. The molecule has 114 valence electrons. The van der Waals surface area contributed by atoms with Gasteiger partial charge < -0.3 is 9.84 Å². The normalized spacial score (nSPS) is 11.0. The minimum atomic E-state index is -0.106. The number of rotatable bonds is 5. The van der Waals surface area contributed by atoms with Crippen LogP contribution in [0, 0.1) is 0 Å². The van der Waals surface area contributed by atoms with Crippen LogP contribution in [0.4, 0.5) is 0 Å². The summed E-state index contributed by atoms with van der Waals surface area (Å²) < 4.78 is 7.40. The molecule has 3 aromatic rings. The summed E-state index contributed by atoms with van der Waals surface area (Å²) in [5.41, 5.74) is 3.18. The Bertz CT molecular complexity index is 781. The Morgan fingerprint density at radius 3 is 2.64 bits per heavy atom. The third-order valence-electron chi connectivity index (χ3n) is 3.43. The standard InChI is InChI=1S/C17H17ClN2O2/c1-2-9-22-14-6-3-12(4-7-14)17-15(11-21)20-10-13(18)5-8-16(20)19-17/h3-8,10,21H,2,9,11H2,1H3. The predicted molar refractivity (Wildman–Crippen MR) is 87.3 cm³/mol. The molecular weight excluding hydrogens is 300 g/mol. The zero-order valence-electron chi connectivity index (χ0n) is 12.3. The van der Waals surface area contributed by atoms with Crippen LogP contribution in [0.1, 0.15) is 19.0 Å². The maximum absolute atomic E-state index is 9.70. The van der Waals surface area contributed by atoms with Gasteiger partial charge in [0.1, 0.15) is 11.4 Å². The molecule has 0 amide bonds. The molecule has 1 aromatic carbocycles. The van der Waals surface area contributed by atoms with Gasteiger partial charge in [-0.3, -0.25) is 4.40 Å². The average Bonchev–Trinajstić information content (AvgIpc) is 2.91. The summed E-state index contributed by atoms with van der Waals surface area (Å²) in [5, 5.41) is 10.3. The molecule has 0 aliphatic carbocycles. The van der Waals surface area contributed by atoms with E-state index in [9.17, 15) is 5.11 Å². The van der Waals surface area contributed by atoms with E-state index in [1.165, 1.54) is 0 Å². The van der Waals surface area contributed by atoms with E-state index in [0.717, 1.165) is 34.8 Å². The van der Waals surface area contributed by atoms with Crippen molar-refractivity contribution in [3.8, 4) is 17.0 Å². The number of aromatic nitrogens is 2. The third-order valence-corrected chi connectivity index (χ3v) is 3.66. The molecule has 2 heterocycles. The monoisotopic (exact) mass is 316 g/mol. The van der Waals surface area contributed by atoms with Crippen molar-refractivity contribution in [2.24, 2.45) is 0 Å². The molecular formula is C17H17ClN2O2. The number of aliphatic hydroxyl groups excluding tert-OH is 1. The molecule has 5 heteroatoms. The number of pyridine rings is 1. The fraction of sp³-hybridized carbons (Fsp3) is 0.235. The maximum Gasteiger partial charge on any atom is 0.137 e. The van der Waals surface area contributed by atoms with Gasteiger partial charge in [-0.1, -0.05) is 18.5 Å². The van der Waals surface area contributed by atoms with Crippen LogP contribution in [0.3, 0.4) is 0 Å². The van der Waals surface area contributed by atoms with Crippen LogP contribution < -0.4 is 4.74 Å². The van der Waals surface area contributed by atoms with Crippen molar-refractivity contribution in [3.05, 3.63) is 53.3 Å². The van der Waals surface area contributed by atoms with E-state index in [0.29, 0.717) is 11.6 Å². The summed E-state index contributed by atoms with van der Waals surface area (Å²) in [6.45, 7) is 2.67. The van der Waals surface area contributed by atoms with E-state index in [-0.39, 0.29) is 6.61 Å².